The summed E-state index contributed by atoms with van der Waals surface area (Å²) in [6.45, 7) is 8.12. The van der Waals surface area contributed by atoms with Crippen molar-refractivity contribution in [3.8, 4) is 0 Å². The Morgan fingerprint density at radius 3 is 2.27 bits per heavy atom. The maximum atomic E-state index is 13.3. The monoisotopic (exact) mass is 550 g/mol. The number of hydrogen-bond acceptors (Lipinski definition) is 6. The second-order valence-corrected chi connectivity index (χ2v) is 9.47. The molecule has 0 saturated heterocycles. The lowest BCUT2D eigenvalue weighted by Gasteiger charge is -2.24. The molecule has 40 heavy (non-hydrogen) atoms. The van der Waals surface area contributed by atoms with Crippen LogP contribution < -0.4 is 10.6 Å². The van der Waals surface area contributed by atoms with Gasteiger partial charge in [0.25, 0.3) is 0 Å². The van der Waals surface area contributed by atoms with Crippen LogP contribution in [0.3, 0.4) is 0 Å². The number of aliphatic hydroxyl groups excluding tert-OH is 1. The largest absolute Gasteiger partial charge is 0.463 e. The standard InChI is InChI=1S/C32H42N2O6/c1-3-5-15-28(22-25-13-8-6-9-14-25)32(38)40-24-29(26-16-10-7-11-17-26)34-31(37)27(12-4-2)23-30(36)33-18-20-39-21-19-35/h3-4,6-11,13-14,16-17,27-29,35H,1-2,5,12,15,18-24H2,(H,33,36)(H,34,37)/t27-,28-,29+/m1/s1. The fourth-order valence-corrected chi connectivity index (χ4v) is 4.21. The van der Waals surface area contributed by atoms with Crippen LogP contribution >= 0.6 is 0 Å². The summed E-state index contributed by atoms with van der Waals surface area (Å²) in [7, 11) is 0. The van der Waals surface area contributed by atoms with Crippen molar-refractivity contribution < 1.29 is 29.0 Å². The average molecular weight is 551 g/mol. The predicted molar refractivity (Wildman–Crippen MR) is 155 cm³/mol. The first-order chi connectivity index (χ1) is 19.5. The number of esters is 1. The van der Waals surface area contributed by atoms with Gasteiger partial charge in [-0.15, -0.1) is 13.2 Å². The molecule has 0 aliphatic rings. The van der Waals surface area contributed by atoms with Crippen LogP contribution in [0, 0.1) is 11.8 Å². The lowest BCUT2D eigenvalue weighted by atomic mass is 9.95. The average Bonchev–Trinajstić information content (AvgIpc) is 2.97. The van der Waals surface area contributed by atoms with Gasteiger partial charge in [-0.2, -0.15) is 0 Å². The van der Waals surface area contributed by atoms with Crippen LogP contribution in [0.2, 0.25) is 0 Å². The number of allylic oxidation sites excluding steroid dienone is 2. The Morgan fingerprint density at radius 2 is 1.62 bits per heavy atom. The minimum absolute atomic E-state index is 0.0279. The van der Waals surface area contributed by atoms with Gasteiger partial charge in [0.15, 0.2) is 0 Å². The number of carbonyl (C=O) groups excluding carboxylic acids is 3. The number of amides is 2. The Kier molecular flexibility index (Phi) is 15.7. The summed E-state index contributed by atoms with van der Waals surface area (Å²) in [4.78, 5) is 38.9. The molecule has 3 atom stereocenters. The maximum Gasteiger partial charge on any atom is 0.309 e. The zero-order valence-corrected chi connectivity index (χ0v) is 23.1. The van der Waals surface area contributed by atoms with Gasteiger partial charge in [0.05, 0.1) is 37.7 Å². The fourth-order valence-electron chi connectivity index (χ4n) is 4.21. The van der Waals surface area contributed by atoms with Crippen LogP contribution in [-0.2, 0) is 30.3 Å². The Labute approximate surface area is 237 Å². The lowest BCUT2D eigenvalue weighted by molar-refractivity contribution is -0.150. The van der Waals surface area contributed by atoms with Crippen molar-refractivity contribution in [1.82, 2.24) is 10.6 Å². The molecule has 0 saturated carbocycles. The van der Waals surface area contributed by atoms with Gasteiger partial charge in [0.2, 0.25) is 11.8 Å². The predicted octanol–water partition coefficient (Wildman–Crippen LogP) is 3.92. The van der Waals surface area contributed by atoms with Crippen molar-refractivity contribution in [1.29, 1.82) is 0 Å². The van der Waals surface area contributed by atoms with Crippen molar-refractivity contribution in [2.45, 2.75) is 38.1 Å². The van der Waals surface area contributed by atoms with E-state index in [-0.39, 0.29) is 63.1 Å². The highest BCUT2D eigenvalue weighted by atomic mass is 16.5. The van der Waals surface area contributed by atoms with E-state index in [4.69, 9.17) is 14.6 Å². The van der Waals surface area contributed by atoms with Crippen LogP contribution in [0.5, 0.6) is 0 Å². The summed E-state index contributed by atoms with van der Waals surface area (Å²) in [6.07, 6.45) is 5.52. The normalized spacial score (nSPS) is 12.9. The van der Waals surface area contributed by atoms with E-state index in [2.05, 4.69) is 23.8 Å². The highest BCUT2D eigenvalue weighted by Gasteiger charge is 2.26. The zero-order valence-electron chi connectivity index (χ0n) is 23.1. The molecular weight excluding hydrogens is 508 g/mol. The molecule has 2 rings (SSSR count). The van der Waals surface area contributed by atoms with Crippen molar-refractivity contribution >= 4 is 17.8 Å². The highest BCUT2D eigenvalue weighted by molar-refractivity contribution is 5.86. The van der Waals surface area contributed by atoms with Crippen molar-refractivity contribution in [3.63, 3.8) is 0 Å². The summed E-state index contributed by atoms with van der Waals surface area (Å²) >= 11 is 0. The third-order valence-electron chi connectivity index (χ3n) is 6.35. The molecule has 0 fully saturated rings. The Balaban J connectivity index is 2.05. The third-order valence-corrected chi connectivity index (χ3v) is 6.35. The number of ether oxygens (including phenoxy) is 2. The first-order valence-electron chi connectivity index (χ1n) is 13.7. The molecule has 216 valence electrons. The molecule has 0 bridgehead atoms. The molecule has 3 N–H and O–H groups in total. The number of aliphatic hydroxyl groups is 1. The van der Waals surface area contributed by atoms with E-state index >= 15 is 0 Å². The molecule has 2 amide bonds. The molecule has 0 radical (unpaired) electrons. The van der Waals surface area contributed by atoms with E-state index < -0.39 is 12.0 Å². The first-order valence-corrected chi connectivity index (χ1v) is 13.7. The van der Waals surface area contributed by atoms with Crippen LogP contribution in [0.25, 0.3) is 0 Å². The van der Waals surface area contributed by atoms with E-state index in [9.17, 15) is 14.4 Å². The summed E-state index contributed by atoms with van der Waals surface area (Å²) in [5.74, 6) is -1.93. The van der Waals surface area contributed by atoms with Crippen molar-refractivity contribution in [2.24, 2.45) is 11.8 Å². The molecule has 8 heteroatoms. The van der Waals surface area contributed by atoms with Crippen LogP contribution in [0.1, 0.15) is 42.9 Å². The van der Waals surface area contributed by atoms with Gasteiger partial charge in [-0.3, -0.25) is 14.4 Å². The van der Waals surface area contributed by atoms with E-state index in [1.165, 1.54) is 0 Å². The molecule has 8 nitrogen and oxygen atoms in total. The maximum absolute atomic E-state index is 13.3. The third kappa shape index (κ3) is 12.4. The van der Waals surface area contributed by atoms with Gasteiger partial charge in [0, 0.05) is 13.0 Å². The second-order valence-electron chi connectivity index (χ2n) is 9.47. The molecule has 0 aliphatic heterocycles. The molecule has 2 aromatic carbocycles. The molecule has 0 aliphatic carbocycles. The van der Waals surface area contributed by atoms with E-state index in [0.29, 0.717) is 25.7 Å². The molecule has 0 heterocycles. The van der Waals surface area contributed by atoms with Crippen molar-refractivity contribution in [3.05, 3.63) is 97.1 Å². The highest BCUT2D eigenvalue weighted by Crippen LogP contribution is 2.20. The number of carbonyl (C=O) groups is 3. The molecule has 0 unspecified atom stereocenters. The first kappa shape index (κ1) is 32.5. The van der Waals surface area contributed by atoms with Crippen molar-refractivity contribution in [2.75, 3.05) is 33.0 Å². The molecule has 0 spiro atoms. The zero-order chi connectivity index (χ0) is 29.0. The summed E-state index contributed by atoms with van der Waals surface area (Å²) < 4.78 is 10.9. The minimum atomic E-state index is -0.642. The van der Waals surface area contributed by atoms with Gasteiger partial charge in [-0.25, -0.2) is 0 Å². The van der Waals surface area contributed by atoms with Gasteiger partial charge >= 0.3 is 5.97 Å². The van der Waals surface area contributed by atoms with Crippen LogP contribution in [0.4, 0.5) is 0 Å². The van der Waals surface area contributed by atoms with E-state index in [1.807, 2.05) is 60.7 Å². The smallest absolute Gasteiger partial charge is 0.309 e. The lowest BCUT2D eigenvalue weighted by Crippen LogP contribution is -2.39. The van der Waals surface area contributed by atoms with E-state index in [0.717, 1.165) is 11.1 Å². The number of hydrogen-bond donors (Lipinski definition) is 3. The number of nitrogens with one attached hydrogen (secondary N) is 2. The Morgan fingerprint density at radius 1 is 0.925 bits per heavy atom. The summed E-state index contributed by atoms with van der Waals surface area (Å²) in [5.41, 5.74) is 1.84. The quantitative estimate of drug-likeness (QED) is 0.131. The Hall–Kier alpha value is -3.75. The number of benzene rings is 2. The summed E-state index contributed by atoms with van der Waals surface area (Å²) in [6, 6.07) is 18.5. The topological polar surface area (TPSA) is 114 Å². The van der Waals surface area contributed by atoms with Gasteiger partial charge in [-0.1, -0.05) is 72.8 Å². The summed E-state index contributed by atoms with van der Waals surface area (Å²) in [5, 5.41) is 14.5. The number of rotatable bonds is 20. The minimum Gasteiger partial charge on any atom is -0.463 e. The molecule has 0 aromatic heterocycles. The van der Waals surface area contributed by atoms with E-state index in [1.54, 1.807) is 12.2 Å². The van der Waals surface area contributed by atoms with Crippen LogP contribution in [0.15, 0.2) is 86.0 Å². The molecular formula is C32H42N2O6. The van der Waals surface area contributed by atoms with Gasteiger partial charge in [0.1, 0.15) is 6.61 Å². The fraction of sp³-hybridized carbons (Fsp3) is 0.406. The van der Waals surface area contributed by atoms with Gasteiger partial charge in [-0.05, 0) is 36.8 Å². The van der Waals surface area contributed by atoms with Gasteiger partial charge < -0.3 is 25.2 Å². The SMILES string of the molecule is C=CCC[C@H](Cc1ccccc1)C(=O)OC[C@H](NC(=O)[C@H](CC=C)CC(=O)NCCOCCO)c1ccccc1. The Bertz CT molecular complexity index is 1040. The second kappa shape index (κ2) is 19.3. The van der Waals surface area contributed by atoms with Crippen LogP contribution in [-0.4, -0.2) is 55.9 Å². The molecule has 2 aromatic rings.